The lowest BCUT2D eigenvalue weighted by Gasteiger charge is -2.25. The van der Waals surface area contributed by atoms with Crippen LogP contribution in [0.2, 0.25) is 5.02 Å². The summed E-state index contributed by atoms with van der Waals surface area (Å²) >= 11 is 5.78. The van der Waals surface area contributed by atoms with E-state index < -0.39 is 35.3 Å². The molecule has 3 rings (SSSR count). The predicted octanol–water partition coefficient (Wildman–Crippen LogP) is 6.52. The Morgan fingerprint density at radius 1 is 1.14 bits per heavy atom. The molecular weight excluding hydrogens is 488 g/mol. The Hall–Kier alpha value is -3.04. The van der Waals surface area contributed by atoms with Gasteiger partial charge in [0.1, 0.15) is 11.5 Å². The molecule has 0 bridgehead atoms. The molecule has 5 nitrogen and oxygen atoms in total. The first-order valence-electron chi connectivity index (χ1n) is 10.6. The molecule has 1 N–H and O–H groups in total. The summed E-state index contributed by atoms with van der Waals surface area (Å²) in [6.07, 6.45) is -5.79. The average molecular weight is 513 g/mol. The number of nitrogens with zero attached hydrogens (tertiary/aromatic N) is 2. The van der Waals surface area contributed by atoms with Crippen LogP contribution in [-0.2, 0) is 12.7 Å². The van der Waals surface area contributed by atoms with Crippen molar-refractivity contribution in [3.05, 3.63) is 76.2 Å². The van der Waals surface area contributed by atoms with Gasteiger partial charge in [-0.05, 0) is 49.6 Å². The molecule has 1 heterocycles. The van der Waals surface area contributed by atoms with Gasteiger partial charge in [-0.1, -0.05) is 48.0 Å². The van der Waals surface area contributed by atoms with Gasteiger partial charge in [-0.3, -0.25) is 0 Å². The Labute approximate surface area is 205 Å². The van der Waals surface area contributed by atoms with Gasteiger partial charge in [0.25, 0.3) is 0 Å². The number of carbonyl (C=O) groups excluding carboxylic acids is 1. The second-order valence-electron chi connectivity index (χ2n) is 8.89. The fourth-order valence-corrected chi connectivity index (χ4v) is 4.02. The van der Waals surface area contributed by atoms with E-state index in [-0.39, 0.29) is 34.8 Å². The van der Waals surface area contributed by atoms with Crippen LogP contribution in [-0.4, -0.2) is 39.9 Å². The first-order chi connectivity index (χ1) is 16.2. The number of aliphatic hydroxyl groups is 1. The van der Waals surface area contributed by atoms with E-state index in [0.29, 0.717) is 5.56 Å². The Morgan fingerprint density at radius 3 is 2.31 bits per heavy atom. The van der Waals surface area contributed by atoms with E-state index >= 15 is 0 Å². The molecule has 0 aliphatic heterocycles. The first kappa shape index (κ1) is 26.6. The lowest BCUT2D eigenvalue weighted by atomic mass is 10.0. The van der Waals surface area contributed by atoms with Crippen LogP contribution in [0, 0.1) is 12.7 Å². The Kier molecular flexibility index (Phi) is 7.52. The standard InChI is InChI=1S/C25H25ClF4N2O3/c1-15-20(17-10-11-18(26)19(27)12-17)22(35-23(33)31(4)14-24(2,3)34)32(21(15)25(28,29)30)13-16-8-6-5-7-9-16/h5-12,34H,13-14H2,1-4H3. The van der Waals surface area contributed by atoms with Crippen LogP contribution in [0.4, 0.5) is 22.4 Å². The molecule has 1 amide bonds. The van der Waals surface area contributed by atoms with E-state index in [1.807, 2.05) is 0 Å². The van der Waals surface area contributed by atoms with Crippen LogP contribution < -0.4 is 4.74 Å². The van der Waals surface area contributed by atoms with Gasteiger partial charge in [0.2, 0.25) is 5.88 Å². The molecule has 0 saturated carbocycles. The zero-order valence-electron chi connectivity index (χ0n) is 19.6. The maximum atomic E-state index is 14.3. The van der Waals surface area contributed by atoms with Crippen LogP contribution >= 0.6 is 11.6 Å². The van der Waals surface area contributed by atoms with Crippen molar-refractivity contribution in [3.8, 4) is 17.0 Å². The number of hydrogen-bond donors (Lipinski definition) is 1. The van der Waals surface area contributed by atoms with Crippen molar-refractivity contribution < 1.29 is 32.2 Å². The molecule has 0 spiro atoms. The third kappa shape index (κ3) is 6.15. The van der Waals surface area contributed by atoms with Crippen LogP contribution in [0.25, 0.3) is 11.1 Å². The molecular formula is C25H25ClF4N2O3. The molecule has 188 valence electrons. The van der Waals surface area contributed by atoms with E-state index in [9.17, 15) is 27.5 Å². The zero-order chi connectivity index (χ0) is 26.1. The van der Waals surface area contributed by atoms with E-state index in [2.05, 4.69) is 0 Å². The minimum Gasteiger partial charge on any atom is -0.392 e. The number of hydrogen-bond acceptors (Lipinski definition) is 3. The molecule has 0 fully saturated rings. The number of likely N-dealkylation sites (N-methyl/N-ethyl adjacent to an activating group) is 1. The summed E-state index contributed by atoms with van der Waals surface area (Å²) < 4.78 is 63.5. The van der Waals surface area contributed by atoms with Crippen molar-refractivity contribution in [1.29, 1.82) is 0 Å². The minimum absolute atomic E-state index is 0.0645. The number of benzene rings is 2. The van der Waals surface area contributed by atoms with Gasteiger partial charge in [-0.25, -0.2) is 9.18 Å². The summed E-state index contributed by atoms with van der Waals surface area (Å²) in [6, 6.07) is 11.9. The van der Waals surface area contributed by atoms with Crippen molar-refractivity contribution in [3.63, 3.8) is 0 Å². The molecule has 3 aromatic rings. The third-order valence-electron chi connectivity index (χ3n) is 5.24. The highest BCUT2D eigenvalue weighted by Crippen LogP contribution is 2.45. The SMILES string of the molecule is Cc1c(-c2ccc(Cl)c(F)c2)c(OC(=O)N(C)CC(C)(C)O)n(Cc2ccccc2)c1C(F)(F)F. The first-order valence-corrected chi connectivity index (χ1v) is 11.0. The molecule has 1 aromatic heterocycles. The van der Waals surface area contributed by atoms with Gasteiger partial charge in [0, 0.05) is 12.6 Å². The number of amides is 1. The van der Waals surface area contributed by atoms with Crippen LogP contribution in [0.5, 0.6) is 5.88 Å². The maximum Gasteiger partial charge on any atom is 0.431 e. The topological polar surface area (TPSA) is 54.7 Å². The number of halogens is 5. The van der Waals surface area contributed by atoms with Gasteiger partial charge >= 0.3 is 12.3 Å². The second-order valence-corrected chi connectivity index (χ2v) is 9.30. The van der Waals surface area contributed by atoms with Gasteiger partial charge in [0.05, 0.1) is 23.7 Å². The lowest BCUT2D eigenvalue weighted by Crippen LogP contribution is -2.41. The van der Waals surface area contributed by atoms with Gasteiger partial charge < -0.3 is 19.3 Å². The van der Waals surface area contributed by atoms with Crippen molar-refractivity contribution in [2.24, 2.45) is 0 Å². The summed E-state index contributed by atoms with van der Waals surface area (Å²) in [5.41, 5.74) is -2.02. The number of carbonyl (C=O) groups is 1. The van der Waals surface area contributed by atoms with E-state index in [1.165, 1.54) is 40.0 Å². The molecule has 0 unspecified atom stereocenters. The summed E-state index contributed by atoms with van der Waals surface area (Å²) in [7, 11) is 1.35. The minimum atomic E-state index is -4.80. The number of ether oxygens (including phenoxy) is 1. The number of aromatic nitrogens is 1. The third-order valence-corrected chi connectivity index (χ3v) is 5.55. The van der Waals surface area contributed by atoms with E-state index in [0.717, 1.165) is 15.5 Å². The highest BCUT2D eigenvalue weighted by Gasteiger charge is 2.41. The summed E-state index contributed by atoms with van der Waals surface area (Å²) in [4.78, 5) is 13.9. The van der Waals surface area contributed by atoms with E-state index in [4.69, 9.17) is 16.3 Å². The quantitative estimate of drug-likeness (QED) is 0.382. The van der Waals surface area contributed by atoms with E-state index in [1.54, 1.807) is 30.3 Å². The largest absolute Gasteiger partial charge is 0.431 e. The Bertz CT molecular complexity index is 1220. The predicted molar refractivity (Wildman–Crippen MR) is 125 cm³/mol. The molecule has 35 heavy (non-hydrogen) atoms. The second kappa shape index (κ2) is 9.91. The van der Waals surface area contributed by atoms with Crippen molar-refractivity contribution in [2.45, 2.75) is 39.1 Å². The Morgan fingerprint density at radius 2 is 1.77 bits per heavy atom. The highest BCUT2D eigenvalue weighted by atomic mass is 35.5. The van der Waals surface area contributed by atoms with Gasteiger partial charge in [0.15, 0.2) is 0 Å². The van der Waals surface area contributed by atoms with Crippen LogP contribution in [0.1, 0.15) is 30.7 Å². The summed E-state index contributed by atoms with van der Waals surface area (Å²) in [5.74, 6) is -1.22. The number of rotatable bonds is 6. The van der Waals surface area contributed by atoms with Crippen LogP contribution in [0.15, 0.2) is 48.5 Å². The molecule has 0 aliphatic rings. The molecule has 0 aliphatic carbocycles. The normalized spacial score (nSPS) is 12.1. The number of alkyl halides is 3. The van der Waals surface area contributed by atoms with Gasteiger partial charge in [-0.15, -0.1) is 0 Å². The van der Waals surface area contributed by atoms with Crippen molar-refractivity contribution >= 4 is 17.7 Å². The lowest BCUT2D eigenvalue weighted by molar-refractivity contribution is -0.144. The summed E-state index contributed by atoms with van der Waals surface area (Å²) in [5, 5.41) is 9.84. The average Bonchev–Trinajstić information content (AvgIpc) is 3.00. The smallest absolute Gasteiger partial charge is 0.392 e. The Balaban J connectivity index is 2.25. The maximum absolute atomic E-state index is 14.3. The molecule has 0 atom stereocenters. The molecule has 10 heteroatoms. The molecule has 2 aromatic carbocycles. The zero-order valence-corrected chi connectivity index (χ0v) is 20.3. The van der Waals surface area contributed by atoms with Crippen LogP contribution in [0.3, 0.4) is 0 Å². The molecule has 0 saturated heterocycles. The van der Waals surface area contributed by atoms with Crippen molar-refractivity contribution in [1.82, 2.24) is 9.47 Å². The molecule has 0 radical (unpaired) electrons. The van der Waals surface area contributed by atoms with Crippen molar-refractivity contribution in [2.75, 3.05) is 13.6 Å². The fourth-order valence-electron chi connectivity index (χ4n) is 3.90. The highest BCUT2D eigenvalue weighted by molar-refractivity contribution is 6.30. The monoisotopic (exact) mass is 512 g/mol. The summed E-state index contributed by atoms with van der Waals surface area (Å²) in [6.45, 7) is 3.79. The van der Waals surface area contributed by atoms with Gasteiger partial charge in [-0.2, -0.15) is 13.2 Å². The fraction of sp³-hybridized carbons (Fsp3) is 0.320.